The van der Waals surface area contributed by atoms with Crippen LogP contribution in [0.15, 0.2) is 28.9 Å². The van der Waals surface area contributed by atoms with Crippen LogP contribution in [0.3, 0.4) is 0 Å². The van der Waals surface area contributed by atoms with E-state index in [0.29, 0.717) is 10.0 Å². The Hall–Kier alpha value is -0.550. The summed E-state index contributed by atoms with van der Waals surface area (Å²) in [6.45, 7) is 2.86. The third kappa shape index (κ3) is 2.97. The van der Waals surface area contributed by atoms with Gasteiger partial charge in [-0.05, 0) is 34.0 Å². The summed E-state index contributed by atoms with van der Waals surface area (Å²) >= 11 is 15.9. The Morgan fingerprint density at radius 1 is 1.42 bits per heavy atom. The van der Waals surface area contributed by atoms with Gasteiger partial charge >= 0.3 is 0 Å². The molecule has 0 saturated carbocycles. The summed E-state index contributed by atoms with van der Waals surface area (Å²) in [6, 6.07) is 5.28. The van der Waals surface area contributed by atoms with E-state index >= 15 is 0 Å². The molecular weight excluding hydrogens is 349 g/mol. The molecule has 0 aliphatic carbocycles. The lowest BCUT2D eigenvalue weighted by atomic mass is 10.0. The van der Waals surface area contributed by atoms with Crippen LogP contribution in [0, 0.1) is 0 Å². The van der Waals surface area contributed by atoms with Gasteiger partial charge in [-0.25, -0.2) is 0 Å². The number of halogens is 3. The lowest BCUT2D eigenvalue weighted by Crippen LogP contribution is -2.18. The van der Waals surface area contributed by atoms with Crippen molar-refractivity contribution in [3.63, 3.8) is 0 Å². The Kier molecular flexibility index (Phi) is 4.90. The van der Waals surface area contributed by atoms with Gasteiger partial charge in [0.15, 0.2) is 0 Å². The van der Waals surface area contributed by atoms with Crippen molar-refractivity contribution in [2.75, 3.05) is 0 Å². The topological polar surface area (TPSA) is 43.8 Å². The van der Waals surface area contributed by atoms with Gasteiger partial charge in [0.2, 0.25) is 0 Å². The quantitative estimate of drug-likeness (QED) is 0.875. The molecular formula is C13H14BrCl2N3. The van der Waals surface area contributed by atoms with E-state index in [0.717, 1.165) is 28.7 Å². The summed E-state index contributed by atoms with van der Waals surface area (Å²) in [5.74, 6) is 0. The van der Waals surface area contributed by atoms with Crippen LogP contribution in [0.25, 0.3) is 0 Å². The molecule has 2 N–H and O–H groups in total. The van der Waals surface area contributed by atoms with Crippen molar-refractivity contribution in [1.29, 1.82) is 0 Å². The molecule has 0 radical (unpaired) electrons. The first-order valence-electron chi connectivity index (χ1n) is 5.97. The van der Waals surface area contributed by atoms with Gasteiger partial charge in [0.25, 0.3) is 0 Å². The van der Waals surface area contributed by atoms with Crippen LogP contribution in [0.4, 0.5) is 0 Å². The fourth-order valence-electron chi connectivity index (χ4n) is 1.98. The Labute approximate surface area is 130 Å². The van der Waals surface area contributed by atoms with E-state index in [4.69, 9.17) is 28.9 Å². The highest BCUT2D eigenvalue weighted by Gasteiger charge is 2.21. The van der Waals surface area contributed by atoms with Crippen LogP contribution in [0.2, 0.25) is 10.0 Å². The highest BCUT2D eigenvalue weighted by Crippen LogP contribution is 2.34. The molecule has 0 amide bonds. The van der Waals surface area contributed by atoms with Crippen molar-refractivity contribution in [2.45, 2.75) is 25.9 Å². The number of nitrogens with two attached hydrogens (primary N) is 1. The molecule has 1 aromatic carbocycles. The van der Waals surface area contributed by atoms with Gasteiger partial charge in [0.05, 0.1) is 28.0 Å². The second-order valence-corrected chi connectivity index (χ2v) is 5.86. The van der Waals surface area contributed by atoms with Crippen LogP contribution in [0.5, 0.6) is 0 Å². The van der Waals surface area contributed by atoms with Gasteiger partial charge in [-0.3, -0.25) is 4.68 Å². The molecule has 0 aliphatic rings. The van der Waals surface area contributed by atoms with E-state index in [1.54, 1.807) is 6.20 Å². The predicted molar refractivity (Wildman–Crippen MR) is 82.7 cm³/mol. The number of benzene rings is 1. The molecule has 0 fully saturated rings. The largest absolute Gasteiger partial charge is 0.319 e. The average molecular weight is 363 g/mol. The maximum atomic E-state index is 6.31. The summed E-state index contributed by atoms with van der Waals surface area (Å²) in [7, 11) is 0. The first kappa shape index (κ1) is 14.9. The lowest BCUT2D eigenvalue weighted by molar-refractivity contribution is 0.560. The second-order valence-electron chi connectivity index (χ2n) is 4.22. The monoisotopic (exact) mass is 361 g/mol. The van der Waals surface area contributed by atoms with Crippen molar-refractivity contribution in [2.24, 2.45) is 5.73 Å². The highest BCUT2D eigenvalue weighted by atomic mass is 79.9. The van der Waals surface area contributed by atoms with Crippen molar-refractivity contribution in [3.05, 3.63) is 50.2 Å². The molecule has 0 bridgehead atoms. The third-order valence-corrected chi connectivity index (χ3v) is 4.48. The summed E-state index contributed by atoms with van der Waals surface area (Å²) in [5.41, 5.74) is 7.94. The minimum Gasteiger partial charge on any atom is -0.319 e. The summed E-state index contributed by atoms with van der Waals surface area (Å²) in [5, 5.41) is 5.43. The third-order valence-electron chi connectivity index (χ3n) is 2.88. The normalized spacial score (nSPS) is 12.7. The first-order chi connectivity index (χ1) is 9.06. The van der Waals surface area contributed by atoms with Gasteiger partial charge in [0.1, 0.15) is 0 Å². The molecule has 0 saturated heterocycles. The molecule has 1 atom stereocenters. The van der Waals surface area contributed by atoms with E-state index < -0.39 is 6.04 Å². The summed E-state index contributed by atoms with van der Waals surface area (Å²) in [4.78, 5) is 0. The predicted octanol–water partition coefficient (Wildman–Crippen LogP) is 4.41. The molecule has 0 aliphatic heterocycles. The average Bonchev–Trinajstić information content (AvgIpc) is 2.74. The molecule has 19 heavy (non-hydrogen) atoms. The molecule has 2 aromatic rings. The number of aryl methyl sites for hydroxylation is 1. The number of hydrogen-bond acceptors (Lipinski definition) is 2. The van der Waals surface area contributed by atoms with Gasteiger partial charge in [-0.2, -0.15) is 5.10 Å². The van der Waals surface area contributed by atoms with Crippen LogP contribution in [-0.2, 0) is 6.54 Å². The van der Waals surface area contributed by atoms with Gasteiger partial charge in [-0.1, -0.05) is 42.3 Å². The zero-order valence-corrected chi connectivity index (χ0v) is 13.5. The Morgan fingerprint density at radius 2 is 2.16 bits per heavy atom. The Balaban J connectivity index is 2.46. The lowest BCUT2D eigenvalue weighted by Gasteiger charge is -2.17. The SMILES string of the molecule is CCCn1ncc(Cl)c1C(N)c1cccc(Br)c1Cl. The number of hydrogen-bond donors (Lipinski definition) is 1. The summed E-state index contributed by atoms with van der Waals surface area (Å²) < 4.78 is 2.66. The van der Waals surface area contributed by atoms with Crippen LogP contribution >= 0.6 is 39.1 Å². The molecule has 1 aromatic heterocycles. The smallest absolute Gasteiger partial charge is 0.0837 e. The fraction of sp³-hybridized carbons (Fsp3) is 0.308. The standard InChI is InChI=1S/C13H14BrCl2N3/c1-2-6-19-13(10(15)7-18-19)12(17)8-4-3-5-9(14)11(8)16/h3-5,7,12H,2,6,17H2,1H3. The molecule has 1 unspecified atom stereocenters. The van der Waals surface area contributed by atoms with E-state index in [1.165, 1.54) is 0 Å². The molecule has 102 valence electrons. The van der Waals surface area contributed by atoms with Crippen LogP contribution in [-0.4, -0.2) is 9.78 Å². The molecule has 0 spiro atoms. The molecule has 6 heteroatoms. The minimum atomic E-state index is -0.397. The summed E-state index contributed by atoms with van der Waals surface area (Å²) in [6.07, 6.45) is 2.59. The maximum Gasteiger partial charge on any atom is 0.0837 e. The highest BCUT2D eigenvalue weighted by molar-refractivity contribution is 9.10. The maximum absolute atomic E-state index is 6.31. The number of nitrogens with zero attached hydrogens (tertiary/aromatic N) is 2. The van der Waals surface area contributed by atoms with Crippen molar-refractivity contribution in [1.82, 2.24) is 9.78 Å². The van der Waals surface area contributed by atoms with E-state index in [-0.39, 0.29) is 0 Å². The minimum absolute atomic E-state index is 0.397. The Morgan fingerprint density at radius 3 is 2.84 bits per heavy atom. The van der Waals surface area contributed by atoms with Crippen molar-refractivity contribution < 1.29 is 0 Å². The number of rotatable bonds is 4. The van der Waals surface area contributed by atoms with E-state index in [2.05, 4.69) is 28.0 Å². The Bertz CT molecular complexity index is 583. The van der Waals surface area contributed by atoms with Gasteiger partial charge < -0.3 is 5.73 Å². The van der Waals surface area contributed by atoms with Crippen molar-refractivity contribution >= 4 is 39.1 Å². The first-order valence-corrected chi connectivity index (χ1v) is 7.51. The van der Waals surface area contributed by atoms with Crippen LogP contribution < -0.4 is 5.73 Å². The molecule has 2 rings (SSSR count). The van der Waals surface area contributed by atoms with Gasteiger partial charge in [-0.15, -0.1) is 0 Å². The molecule has 1 heterocycles. The van der Waals surface area contributed by atoms with Crippen molar-refractivity contribution in [3.8, 4) is 0 Å². The van der Waals surface area contributed by atoms with Crippen LogP contribution in [0.1, 0.15) is 30.6 Å². The zero-order chi connectivity index (χ0) is 14.0. The fourth-order valence-corrected chi connectivity index (χ4v) is 2.86. The van der Waals surface area contributed by atoms with E-state index in [1.807, 2.05) is 22.9 Å². The molecule has 3 nitrogen and oxygen atoms in total. The van der Waals surface area contributed by atoms with Gasteiger partial charge in [0, 0.05) is 11.0 Å². The number of aromatic nitrogens is 2. The second kappa shape index (κ2) is 6.27. The zero-order valence-electron chi connectivity index (χ0n) is 10.4. The van der Waals surface area contributed by atoms with E-state index in [9.17, 15) is 0 Å².